The zero-order valence-corrected chi connectivity index (χ0v) is 12.7. The standard InChI is InChI=1S/C14H19BrClN/c1-14(2)8-4-3-5-13(14)17-12-7-6-10(15)9-11(12)16/h6-7,9,13,17H,3-5,8H2,1-2H3. The summed E-state index contributed by atoms with van der Waals surface area (Å²) >= 11 is 9.68. The molecule has 0 aliphatic heterocycles. The highest BCUT2D eigenvalue weighted by atomic mass is 79.9. The topological polar surface area (TPSA) is 12.0 Å². The van der Waals surface area contributed by atoms with Crippen molar-refractivity contribution in [3.05, 3.63) is 27.7 Å². The molecule has 1 atom stereocenters. The summed E-state index contributed by atoms with van der Waals surface area (Å²) in [5, 5.41) is 4.41. The Bertz CT molecular complexity index is 403. The molecule has 1 aromatic carbocycles. The number of anilines is 1. The molecule has 0 aromatic heterocycles. The van der Waals surface area contributed by atoms with Crippen LogP contribution in [0.5, 0.6) is 0 Å². The van der Waals surface area contributed by atoms with E-state index in [0.717, 1.165) is 15.2 Å². The molecule has 2 rings (SSSR count). The number of hydrogen-bond donors (Lipinski definition) is 1. The Labute approximate surface area is 117 Å². The van der Waals surface area contributed by atoms with Crippen LogP contribution in [0, 0.1) is 5.41 Å². The van der Waals surface area contributed by atoms with E-state index in [4.69, 9.17) is 11.6 Å². The highest BCUT2D eigenvalue weighted by molar-refractivity contribution is 9.10. The highest BCUT2D eigenvalue weighted by Gasteiger charge is 2.32. The van der Waals surface area contributed by atoms with E-state index in [1.807, 2.05) is 12.1 Å². The fourth-order valence-corrected chi connectivity index (χ4v) is 3.28. The molecule has 0 spiro atoms. The van der Waals surface area contributed by atoms with Gasteiger partial charge < -0.3 is 5.32 Å². The van der Waals surface area contributed by atoms with Crippen molar-refractivity contribution >= 4 is 33.2 Å². The van der Waals surface area contributed by atoms with Gasteiger partial charge in [0.1, 0.15) is 0 Å². The Hall–Kier alpha value is -0.210. The summed E-state index contributed by atoms with van der Waals surface area (Å²) < 4.78 is 1.02. The van der Waals surface area contributed by atoms with Crippen LogP contribution in [-0.2, 0) is 0 Å². The van der Waals surface area contributed by atoms with E-state index in [9.17, 15) is 0 Å². The molecule has 1 aliphatic rings. The van der Waals surface area contributed by atoms with E-state index >= 15 is 0 Å². The van der Waals surface area contributed by atoms with Crippen molar-refractivity contribution in [2.45, 2.75) is 45.6 Å². The zero-order chi connectivity index (χ0) is 12.5. The second-order valence-electron chi connectivity index (χ2n) is 5.56. The van der Waals surface area contributed by atoms with E-state index in [1.165, 1.54) is 25.7 Å². The van der Waals surface area contributed by atoms with Gasteiger partial charge in [-0.25, -0.2) is 0 Å². The first-order valence-corrected chi connectivity index (χ1v) is 7.38. The number of rotatable bonds is 2. The summed E-state index contributed by atoms with van der Waals surface area (Å²) in [6.45, 7) is 4.69. The maximum Gasteiger partial charge on any atom is 0.0648 e. The molecule has 0 saturated heterocycles. The summed E-state index contributed by atoms with van der Waals surface area (Å²) in [7, 11) is 0. The van der Waals surface area contributed by atoms with Crippen molar-refractivity contribution < 1.29 is 0 Å². The molecule has 1 aliphatic carbocycles. The number of nitrogens with one attached hydrogen (secondary N) is 1. The number of benzene rings is 1. The Morgan fingerprint density at radius 3 is 2.76 bits per heavy atom. The second-order valence-corrected chi connectivity index (χ2v) is 6.88. The fraction of sp³-hybridized carbons (Fsp3) is 0.571. The minimum Gasteiger partial charge on any atom is -0.381 e. The summed E-state index contributed by atoms with van der Waals surface area (Å²) in [6, 6.07) is 6.55. The first-order chi connectivity index (χ1) is 7.99. The lowest BCUT2D eigenvalue weighted by molar-refractivity contribution is 0.217. The zero-order valence-electron chi connectivity index (χ0n) is 10.4. The molecular weight excluding hydrogens is 298 g/mol. The van der Waals surface area contributed by atoms with Gasteiger partial charge in [-0.3, -0.25) is 0 Å². The normalized spacial score (nSPS) is 23.4. The lowest BCUT2D eigenvalue weighted by atomic mass is 9.73. The van der Waals surface area contributed by atoms with Gasteiger partial charge in [0.25, 0.3) is 0 Å². The molecular formula is C14H19BrClN. The van der Waals surface area contributed by atoms with Crippen molar-refractivity contribution in [3.8, 4) is 0 Å². The van der Waals surface area contributed by atoms with Crippen LogP contribution >= 0.6 is 27.5 Å². The van der Waals surface area contributed by atoms with Crippen LogP contribution in [0.1, 0.15) is 39.5 Å². The SMILES string of the molecule is CC1(C)CCCCC1Nc1ccc(Br)cc1Cl. The molecule has 1 N–H and O–H groups in total. The van der Waals surface area contributed by atoms with Gasteiger partial charge in [-0.15, -0.1) is 0 Å². The molecule has 0 radical (unpaired) electrons. The van der Waals surface area contributed by atoms with Gasteiger partial charge in [0, 0.05) is 10.5 Å². The van der Waals surface area contributed by atoms with Crippen molar-refractivity contribution in [1.82, 2.24) is 0 Å². The number of hydrogen-bond acceptors (Lipinski definition) is 1. The quantitative estimate of drug-likeness (QED) is 0.761. The molecule has 0 heterocycles. The van der Waals surface area contributed by atoms with E-state index in [1.54, 1.807) is 0 Å². The maximum atomic E-state index is 6.25. The third-order valence-corrected chi connectivity index (χ3v) is 4.57. The maximum absolute atomic E-state index is 6.25. The van der Waals surface area contributed by atoms with Crippen molar-refractivity contribution in [2.75, 3.05) is 5.32 Å². The van der Waals surface area contributed by atoms with Gasteiger partial charge >= 0.3 is 0 Å². The average Bonchev–Trinajstić information content (AvgIpc) is 2.24. The molecule has 0 amide bonds. The predicted octanol–water partition coefficient (Wildman–Crippen LogP) is 5.48. The van der Waals surface area contributed by atoms with Crippen molar-refractivity contribution in [3.63, 3.8) is 0 Å². The molecule has 0 bridgehead atoms. The van der Waals surface area contributed by atoms with Crippen LogP contribution in [0.2, 0.25) is 5.02 Å². The van der Waals surface area contributed by atoms with Crippen LogP contribution in [0.4, 0.5) is 5.69 Å². The van der Waals surface area contributed by atoms with E-state index in [2.05, 4.69) is 41.2 Å². The van der Waals surface area contributed by atoms with Crippen molar-refractivity contribution in [1.29, 1.82) is 0 Å². The minimum atomic E-state index is 0.356. The van der Waals surface area contributed by atoms with Crippen LogP contribution < -0.4 is 5.32 Å². The molecule has 17 heavy (non-hydrogen) atoms. The van der Waals surface area contributed by atoms with Gasteiger partial charge in [0.2, 0.25) is 0 Å². The Balaban J connectivity index is 2.14. The molecule has 1 fully saturated rings. The molecule has 3 heteroatoms. The highest BCUT2D eigenvalue weighted by Crippen LogP contribution is 2.38. The van der Waals surface area contributed by atoms with E-state index in [-0.39, 0.29) is 0 Å². The van der Waals surface area contributed by atoms with Crippen LogP contribution in [0.25, 0.3) is 0 Å². The Morgan fingerprint density at radius 2 is 2.12 bits per heavy atom. The molecule has 1 nitrogen and oxygen atoms in total. The molecule has 1 unspecified atom stereocenters. The smallest absolute Gasteiger partial charge is 0.0648 e. The Kier molecular flexibility index (Phi) is 4.04. The average molecular weight is 317 g/mol. The first-order valence-electron chi connectivity index (χ1n) is 6.21. The van der Waals surface area contributed by atoms with E-state index in [0.29, 0.717) is 11.5 Å². The summed E-state index contributed by atoms with van der Waals surface area (Å²) in [6.07, 6.45) is 5.19. The second kappa shape index (κ2) is 5.19. The van der Waals surface area contributed by atoms with Crippen LogP contribution in [-0.4, -0.2) is 6.04 Å². The first kappa shape index (κ1) is 13.2. The van der Waals surface area contributed by atoms with Crippen molar-refractivity contribution in [2.24, 2.45) is 5.41 Å². The summed E-state index contributed by atoms with van der Waals surface area (Å²) in [5.74, 6) is 0. The molecule has 1 saturated carbocycles. The van der Waals surface area contributed by atoms with Gasteiger partial charge in [0.15, 0.2) is 0 Å². The third-order valence-electron chi connectivity index (χ3n) is 3.77. The lowest BCUT2D eigenvalue weighted by Gasteiger charge is -2.39. The minimum absolute atomic E-state index is 0.356. The predicted molar refractivity (Wildman–Crippen MR) is 78.8 cm³/mol. The largest absolute Gasteiger partial charge is 0.381 e. The Morgan fingerprint density at radius 1 is 1.35 bits per heavy atom. The van der Waals surface area contributed by atoms with E-state index < -0.39 is 0 Å². The van der Waals surface area contributed by atoms with Gasteiger partial charge in [0.05, 0.1) is 10.7 Å². The van der Waals surface area contributed by atoms with Gasteiger partial charge in [-0.05, 0) is 36.5 Å². The molecule has 94 valence electrons. The fourth-order valence-electron chi connectivity index (χ4n) is 2.56. The molecule has 1 aromatic rings. The summed E-state index contributed by atoms with van der Waals surface area (Å²) in [5.41, 5.74) is 1.41. The number of halogens is 2. The van der Waals surface area contributed by atoms with Crippen LogP contribution in [0.3, 0.4) is 0 Å². The monoisotopic (exact) mass is 315 g/mol. The van der Waals surface area contributed by atoms with Gasteiger partial charge in [-0.1, -0.05) is 54.2 Å². The third kappa shape index (κ3) is 3.17. The van der Waals surface area contributed by atoms with Gasteiger partial charge in [-0.2, -0.15) is 0 Å². The van der Waals surface area contributed by atoms with Crippen LogP contribution in [0.15, 0.2) is 22.7 Å². The summed E-state index contributed by atoms with van der Waals surface area (Å²) in [4.78, 5) is 0. The lowest BCUT2D eigenvalue weighted by Crippen LogP contribution is -2.38.